The lowest BCUT2D eigenvalue weighted by atomic mass is 9.88. The van der Waals surface area contributed by atoms with Gasteiger partial charge in [0.1, 0.15) is 0 Å². The molecule has 0 fully saturated rings. The van der Waals surface area contributed by atoms with Gasteiger partial charge in [0, 0.05) is 5.57 Å². The lowest BCUT2D eigenvalue weighted by Crippen LogP contribution is -2.08. The number of rotatable bonds is 18. The maximum atomic E-state index is 10.8. The molecule has 0 aliphatic rings. The summed E-state index contributed by atoms with van der Waals surface area (Å²) in [6, 6.07) is 0. The molecular formula is C24H46O2. The predicted molar refractivity (Wildman–Crippen MR) is 115 cm³/mol. The Morgan fingerprint density at radius 1 is 0.769 bits per heavy atom. The molecule has 0 amide bonds. The zero-order valence-electron chi connectivity index (χ0n) is 18.2. The second-order valence-electron chi connectivity index (χ2n) is 8.41. The maximum absolute atomic E-state index is 10.8. The standard InChI is InChI=1S/C24H46O2/c1-5-6-7-8-9-10-11-12-13-14-15-16-17-18-21(2)22(3)19-20-23(4)24(25)26/h20-22H,5-19H2,1-4H3,(H,25,26). The Morgan fingerprint density at radius 2 is 1.19 bits per heavy atom. The number of carbonyl (C=O) groups is 1. The largest absolute Gasteiger partial charge is 0.478 e. The molecule has 1 N–H and O–H groups in total. The molecule has 0 aromatic rings. The van der Waals surface area contributed by atoms with E-state index < -0.39 is 5.97 Å². The van der Waals surface area contributed by atoms with E-state index in [9.17, 15) is 4.79 Å². The van der Waals surface area contributed by atoms with Crippen LogP contribution in [0.15, 0.2) is 11.6 Å². The summed E-state index contributed by atoms with van der Waals surface area (Å²) < 4.78 is 0. The van der Waals surface area contributed by atoms with E-state index in [1.54, 1.807) is 6.92 Å². The molecule has 0 heterocycles. The highest BCUT2D eigenvalue weighted by molar-refractivity contribution is 5.85. The summed E-state index contributed by atoms with van der Waals surface area (Å²) in [7, 11) is 0. The summed E-state index contributed by atoms with van der Waals surface area (Å²) in [5.41, 5.74) is 0.477. The fourth-order valence-electron chi connectivity index (χ4n) is 3.45. The zero-order chi connectivity index (χ0) is 19.6. The van der Waals surface area contributed by atoms with E-state index in [4.69, 9.17) is 5.11 Å². The Labute approximate surface area is 163 Å². The van der Waals surface area contributed by atoms with Crippen molar-refractivity contribution in [2.45, 2.75) is 124 Å². The first-order chi connectivity index (χ1) is 12.5. The maximum Gasteiger partial charge on any atom is 0.330 e. The Morgan fingerprint density at radius 3 is 1.62 bits per heavy atom. The Hall–Kier alpha value is -0.790. The van der Waals surface area contributed by atoms with E-state index in [1.165, 1.54) is 89.9 Å². The molecule has 2 heteroatoms. The van der Waals surface area contributed by atoms with E-state index in [0.717, 1.165) is 6.42 Å². The molecule has 2 unspecified atom stereocenters. The van der Waals surface area contributed by atoms with Gasteiger partial charge in [0.2, 0.25) is 0 Å². The van der Waals surface area contributed by atoms with E-state index in [2.05, 4.69) is 20.8 Å². The minimum absolute atomic E-state index is 0.477. The number of aliphatic carboxylic acids is 1. The van der Waals surface area contributed by atoms with Crippen LogP contribution in [0.3, 0.4) is 0 Å². The summed E-state index contributed by atoms with van der Waals surface area (Å²) in [5, 5.41) is 8.90. The van der Waals surface area contributed by atoms with Gasteiger partial charge in [-0.25, -0.2) is 4.79 Å². The molecule has 0 saturated heterocycles. The van der Waals surface area contributed by atoms with Crippen LogP contribution in [0.5, 0.6) is 0 Å². The second kappa shape index (κ2) is 17.6. The quantitative estimate of drug-likeness (QED) is 0.196. The average Bonchev–Trinajstić information content (AvgIpc) is 2.62. The molecule has 0 aliphatic heterocycles. The van der Waals surface area contributed by atoms with Crippen LogP contribution in [-0.4, -0.2) is 11.1 Å². The summed E-state index contributed by atoms with van der Waals surface area (Å²) in [4.78, 5) is 10.8. The monoisotopic (exact) mass is 366 g/mol. The van der Waals surface area contributed by atoms with Crippen molar-refractivity contribution in [1.29, 1.82) is 0 Å². The van der Waals surface area contributed by atoms with Crippen molar-refractivity contribution in [3.05, 3.63) is 11.6 Å². The molecule has 154 valence electrons. The number of carboxylic acid groups (broad SMARTS) is 1. The van der Waals surface area contributed by atoms with Gasteiger partial charge in [-0.15, -0.1) is 0 Å². The van der Waals surface area contributed by atoms with E-state index in [-0.39, 0.29) is 0 Å². The van der Waals surface area contributed by atoms with Crippen molar-refractivity contribution in [3.8, 4) is 0 Å². The predicted octanol–water partition coefficient (Wildman–Crippen LogP) is 8.16. The number of hydrogen-bond donors (Lipinski definition) is 1. The minimum Gasteiger partial charge on any atom is -0.478 e. The van der Waals surface area contributed by atoms with E-state index in [0.29, 0.717) is 17.4 Å². The SMILES string of the molecule is CCCCCCCCCCCCCCCC(C)C(C)CC=C(C)C(=O)O. The third-order valence-corrected chi connectivity index (χ3v) is 5.87. The lowest BCUT2D eigenvalue weighted by Gasteiger charge is -2.18. The molecule has 0 radical (unpaired) electrons. The van der Waals surface area contributed by atoms with Crippen LogP contribution in [0.4, 0.5) is 0 Å². The highest BCUT2D eigenvalue weighted by Crippen LogP contribution is 2.23. The molecule has 0 spiro atoms. The number of allylic oxidation sites excluding steroid dienone is 1. The van der Waals surface area contributed by atoms with Crippen molar-refractivity contribution in [2.24, 2.45) is 11.8 Å². The second-order valence-corrected chi connectivity index (χ2v) is 8.41. The normalized spacial score (nSPS) is 14.4. The Balaban J connectivity index is 3.43. The van der Waals surface area contributed by atoms with E-state index >= 15 is 0 Å². The number of carboxylic acids is 1. The Bertz CT molecular complexity index is 359. The molecular weight excluding hydrogens is 320 g/mol. The summed E-state index contributed by atoms with van der Waals surface area (Å²) in [6.07, 6.45) is 22.3. The molecule has 26 heavy (non-hydrogen) atoms. The van der Waals surface area contributed by atoms with Crippen molar-refractivity contribution in [2.75, 3.05) is 0 Å². The van der Waals surface area contributed by atoms with Crippen LogP contribution < -0.4 is 0 Å². The highest BCUT2D eigenvalue weighted by Gasteiger charge is 2.11. The topological polar surface area (TPSA) is 37.3 Å². The van der Waals surface area contributed by atoms with Crippen LogP contribution in [0.2, 0.25) is 0 Å². The van der Waals surface area contributed by atoms with Crippen molar-refractivity contribution in [1.82, 2.24) is 0 Å². The summed E-state index contributed by atoms with van der Waals surface area (Å²) in [5.74, 6) is 0.462. The highest BCUT2D eigenvalue weighted by atomic mass is 16.4. The van der Waals surface area contributed by atoms with Crippen LogP contribution in [-0.2, 0) is 4.79 Å². The molecule has 0 saturated carbocycles. The first-order valence-corrected chi connectivity index (χ1v) is 11.4. The van der Waals surface area contributed by atoms with Crippen molar-refractivity contribution >= 4 is 5.97 Å². The molecule has 0 aromatic carbocycles. The minimum atomic E-state index is -0.790. The van der Waals surface area contributed by atoms with Crippen molar-refractivity contribution < 1.29 is 9.90 Å². The van der Waals surface area contributed by atoms with Gasteiger partial charge in [-0.2, -0.15) is 0 Å². The van der Waals surface area contributed by atoms with Gasteiger partial charge < -0.3 is 5.11 Å². The lowest BCUT2D eigenvalue weighted by molar-refractivity contribution is -0.132. The fourth-order valence-corrected chi connectivity index (χ4v) is 3.45. The summed E-state index contributed by atoms with van der Waals surface area (Å²) in [6.45, 7) is 8.53. The van der Waals surface area contributed by atoms with E-state index in [1.807, 2.05) is 6.08 Å². The van der Waals surface area contributed by atoms with Gasteiger partial charge in [-0.3, -0.25) is 0 Å². The summed E-state index contributed by atoms with van der Waals surface area (Å²) >= 11 is 0. The van der Waals surface area contributed by atoms with Gasteiger partial charge in [0.15, 0.2) is 0 Å². The first-order valence-electron chi connectivity index (χ1n) is 11.4. The van der Waals surface area contributed by atoms with Crippen LogP contribution in [0, 0.1) is 11.8 Å². The number of hydrogen-bond acceptors (Lipinski definition) is 1. The molecule has 2 atom stereocenters. The molecule has 0 aromatic heterocycles. The third kappa shape index (κ3) is 15.5. The van der Waals surface area contributed by atoms with Crippen LogP contribution >= 0.6 is 0 Å². The molecule has 0 rings (SSSR count). The van der Waals surface area contributed by atoms with Crippen LogP contribution in [0.25, 0.3) is 0 Å². The fraction of sp³-hybridized carbons (Fsp3) is 0.875. The Kier molecular flexibility index (Phi) is 17.1. The first kappa shape index (κ1) is 25.2. The smallest absolute Gasteiger partial charge is 0.330 e. The molecule has 0 aliphatic carbocycles. The zero-order valence-corrected chi connectivity index (χ0v) is 18.2. The third-order valence-electron chi connectivity index (χ3n) is 5.87. The van der Waals surface area contributed by atoms with Gasteiger partial charge in [0.25, 0.3) is 0 Å². The number of unbranched alkanes of at least 4 members (excludes halogenated alkanes) is 12. The van der Waals surface area contributed by atoms with Crippen LogP contribution in [0.1, 0.15) is 124 Å². The van der Waals surface area contributed by atoms with Crippen molar-refractivity contribution in [3.63, 3.8) is 0 Å². The molecule has 0 bridgehead atoms. The average molecular weight is 367 g/mol. The van der Waals surface area contributed by atoms with Gasteiger partial charge in [0.05, 0.1) is 0 Å². The van der Waals surface area contributed by atoms with Gasteiger partial charge in [-0.1, -0.05) is 117 Å². The molecule has 2 nitrogen and oxygen atoms in total. The van der Waals surface area contributed by atoms with Gasteiger partial charge in [-0.05, 0) is 25.2 Å². The van der Waals surface area contributed by atoms with Gasteiger partial charge >= 0.3 is 5.97 Å².